The van der Waals surface area contributed by atoms with Crippen molar-refractivity contribution in [2.45, 2.75) is 103 Å². The number of aliphatic hydroxyl groups is 1. The minimum atomic E-state index is -2.13. The number of Topliss-reactive ketones (excluding diaryl/α,β-unsaturated/α-hetero) is 1. The van der Waals surface area contributed by atoms with E-state index in [9.17, 15) is 29.1 Å². The lowest BCUT2D eigenvalue weighted by molar-refractivity contribution is -0.228. The summed E-state index contributed by atoms with van der Waals surface area (Å²) < 4.78 is 34.5. The zero-order valence-electron chi connectivity index (χ0n) is 28.9. The first kappa shape index (κ1) is 37.4. The van der Waals surface area contributed by atoms with Gasteiger partial charge in [0.2, 0.25) is 5.78 Å². The highest BCUT2D eigenvalue weighted by atomic mass is 32.1. The quantitative estimate of drug-likeness (QED) is 0.113. The van der Waals surface area contributed by atoms with E-state index < -0.39 is 76.3 Å². The maximum absolute atomic E-state index is 17.7. The van der Waals surface area contributed by atoms with Crippen LogP contribution in [0.3, 0.4) is 0 Å². The highest BCUT2D eigenvalue weighted by Gasteiger charge is 2.77. The Hall–Kier alpha value is -3.86. The summed E-state index contributed by atoms with van der Waals surface area (Å²) in [5.41, 5.74) is -5.19. The average Bonchev–Trinajstić information content (AvgIpc) is 3.29. The van der Waals surface area contributed by atoms with Crippen molar-refractivity contribution in [1.29, 1.82) is 0 Å². The smallest absolute Gasteiger partial charge is 0.311 e. The SMILES string of the molecule is CCCCC(=O)O[C@]1(C(=O)COC(=O)CCC(=O)Oc2ccc(N=C=S)cc2)[C@@H](C)C[C@H]2[C@@H]3CCC4=CC(=O)C=C[C@]4(C)[C@@]3(F)[C@@H](O)C[C@@]21C. The second-order valence-corrected chi connectivity index (χ2v) is 14.7. The van der Waals surface area contributed by atoms with E-state index in [0.29, 0.717) is 36.9 Å². The number of hydrogen-bond donors (Lipinski definition) is 1. The molecule has 5 rings (SSSR count). The predicted molar refractivity (Wildman–Crippen MR) is 183 cm³/mol. The number of hydrogen-bond acceptors (Lipinski definition) is 11. The summed E-state index contributed by atoms with van der Waals surface area (Å²) in [5.74, 6) is -4.51. The number of ether oxygens (including phenoxy) is 3. The molecule has 1 aromatic carbocycles. The second-order valence-electron chi connectivity index (χ2n) is 14.5. The normalized spacial score (nSPS) is 33.9. The van der Waals surface area contributed by atoms with Crippen molar-refractivity contribution in [2.75, 3.05) is 6.61 Å². The van der Waals surface area contributed by atoms with Crippen LogP contribution in [0.4, 0.5) is 10.1 Å². The van der Waals surface area contributed by atoms with Gasteiger partial charge in [0.25, 0.3) is 0 Å². The van der Waals surface area contributed by atoms with Gasteiger partial charge in [-0.25, -0.2) is 4.39 Å². The number of carbonyl (C=O) groups excluding carboxylic acids is 5. The third kappa shape index (κ3) is 6.31. The van der Waals surface area contributed by atoms with E-state index in [4.69, 9.17) is 14.2 Å². The lowest BCUT2D eigenvalue weighted by Gasteiger charge is -2.62. The van der Waals surface area contributed by atoms with Gasteiger partial charge in [-0.2, -0.15) is 4.99 Å². The minimum absolute atomic E-state index is 0.0628. The van der Waals surface area contributed by atoms with Gasteiger partial charge in [-0.05, 0) is 93.6 Å². The number of fused-ring (bicyclic) bond motifs is 5. The van der Waals surface area contributed by atoms with Crippen molar-refractivity contribution in [3.05, 3.63) is 48.1 Å². The number of rotatable bonds is 12. The third-order valence-electron chi connectivity index (χ3n) is 11.7. The van der Waals surface area contributed by atoms with E-state index in [1.54, 1.807) is 39.0 Å². The number of nitrogens with zero attached hydrogens (tertiary/aromatic N) is 1. The molecule has 50 heavy (non-hydrogen) atoms. The van der Waals surface area contributed by atoms with Crippen molar-refractivity contribution in [1.82, 2.24) is 0 Å². The van der Waals surface area contributed by atoms with E-state index in [1.165, 1.54) is 24.3 Å². The highest BCUT2D eigenvalue weighted by molar-refractivity contribution is 7.78. The molecule has 0 aliphatic heterocycles. The molecule has 0 radical (unpaired) electrons. The van der Waals surface area contributed by atoms with Crippen LogP contribution in [0.5, 0.6) is 5.75 Å². The molecule has 0 spiro atoms. The molecule has 4 aliphatic carbocycles. The number of esters is 3. The summed E-state index contributed by atoms with van der Waals surface area (Å²) in [4.78, 5) is 68.9. The van der Waals surface area contributed by atoms with E-state index in [2.05, 4.69) is 22.4 Å². The molecule has 1 N–H and O–H groups in total. The number of halogens is 1. The molecular weight excluding hydrogens is 665 g/mol. The zero-order valence-corrected chi connectivity index (χ0v) is 29.7. The van der Waals surface area contributed by atoms with Gasteiger partial charge in [0, 0.05) is 29.1 Å². The van der Waals surface area contributed by atoms with Crippen LogP contribution in [0, 0.1) is 28.6 Å². The fourth-order valence-electron chi connectivity index (χ4n) is 9.30. The van der Waals surface area contributed by atoms with Gasteiger partial charge in [0.1, 0.15) is 5.75 Å². The van der Waals surface area contributed by atoms with Gasteiger partial charge in [-0.15, -0.1) is 0 Å². The molecule has 3 fully saturated rings. The maximum atomic E-state index is 17.7. The summed E-state index contributed by atoms with van der Waals surface area (Å²) >= 11 is 4.57. The van der Waals surface area contributed by atoms with Gasteiger partial charge in [-0.1, -0.05) is 38.8 Å². The molecule has 10 nitrogen and oxygen atoms in total. The standard InChI is InChI=1S/C38H44FNO9S/c1-5-6-7-34(46)49-38(31(43)21-47-32(44)14-15-33(45)48-27-11-9-25(10-12-27)40-22-50)23(2)18-29-28-13-8-24-19-26(41)16-17-35(24,3)37(28,39)30(42)20-36(29,38)4/h9-12,16-17,19,23,28-30,42H,5-8,13-15,18,20-21H2,1-4H3/t23-,28-,29-,30-,35-,36-,37-,38-/m0/s1. The number of aliphatic hydroxyl groups excluding tert-OH is 1. The Balaban J connectivity index is 1.34. The molecule has 0 bridgehead atoms. The molecule has 0 aromatic heterocycles. The average molecular weight is 710 g/mol. The van der Waals surface area contributed by atoms with Gasteiger partial charge in [-0.3, -0.25) is 24.0 Å². The molecular formula is C38H44FNO9S. The number of aliphatic imine (C=N–C) groups is 1. The number of alkyl halides is 1. The lowest BCUT2D eigenvalue weighted by Crippen LogP contribution is -2.70. The van der Waals surface area contributed by atoms with Crippen molar-refractivity contribution in [3.63, 3.8) is 0 Å². The Labute approximate surface area is 296 Å². The molecule has 0 unspecified atom stereocenters. The summed E-state index contributed by atoms with van der Waals surface area (Å²) in [7, 11) is 0. The Morgan fingerprint density at radius 1 is 1.06 bits per heavy atom. The fourth-order valence-corrected chi connectivity index (χ4v) is 9.41. The maximum Gasteiger partial charge on any atom is 0.311 e. The van der Waals surface area contributed by atoms with Crippen molar-refractivity contribution >= 4 is 52.5 Å². The van der Waals surface area contributed by atoms with Crippen LogP contribution in [0.25, 0.3) is 0 Å². The van der Waals surface area contributed by atoms with Crippen molar-refractivity contribution < 1.29 is 47.7 Å². The lowest BCUT2D eigenvalue weighted by atomic mass is 9.44. The molecule has 12 heteroatoms. The number of isothiocyanates is 1. The summed E-state index contributed by atoms with van der Waals surface area (Å²) in [6.07, 6.45) is 4.38. The van der Waals surface area contributed by atoms with Crippen molar-refractivity contribution in [2.24, 2.45) is 33.6 Å². The van der Waals surface area contributed by atoms with Gasteiger partial charge >= 0.3 is 17.9 Å². The molecule has 4 aliphatic rings. The fraction of sp³-hybridized carbons (Fsp3) is 0.579. The number of unbranched alkanes of at least 4 members (excludes halogenated alkanes) is 1. The summed E-state index contributed by atoms with van der Waals surface area (Å²) in [6, 6.07) is 6.20. The minimum Gasteiger partial charge on any atom is -0.457 e. The summed E-state index contributed by atoms with van der Waals surface area (Å²) in [5, 5.41) is 14.0. The van der Waals surface area contributed by atoms with Crippen molar-refractivity contribution in [3.8, 4) is 5.75 Å². The Kier molecular flexibility index (Phi) is 10.8. The number of thiocarbonyl (C=S) groups is 1. The van der Waals surface area contributed by atoms with Gasteiger partial charge in [0.05, 0.1) is 29.8 Å². The first-order valence-corrected chi connectivity index (χ1v) is 17.7. The van der Waals surface area contributed by atoms with Crippen LogP contribution in [0.15, 0.2) is 53.1 Å². The number of benzene rings is 1. The number of carbonyl (C=O) groups is 5. The van der Waals surface area contributed by atoms with E-state index in [1.807, 2.05) is 6.92 Å². The molecule has 268 valence electrons. The summed E-state index contributed by atoms with van der Waals surface area (Å²) in [6.45, 7) is 6.45. The van der Waals surface area contributed by atoms with Gasteiger partial charge < -0.3 is 19.3 Å². The van der Waals surface area contributed by atoms with Crippen LogP contribution < -0.4 is 4.74 Å². The molecule has 1 aromatic rings. The van der Waals surface area contributed by atoms with Crippen LogP contribution in [0.2, 0.25) is 0 Å². The molecule has 0 heterocycles. The zero-order chi connectivity index (χ0) is 36.5. The molecule has 8 atom stereocenters. The molecule has 3 saturated carbocycles. The Morgan fingerprint density at radius 3 is 2.44 bits per heavy atom. The third-order valence-corrected chi connectivity index (χ3v) is 11.8. The van der Waals surface area contributed by atoms with Crippen LogP contribution in [-0.4, -0.2) is 63.7 Å². The first-order valence-electron chi connectivity index (χ1n) is 17.3. The van der Waals surface area contributed by atoms with E-state index in [-0.39, 0.29) is 37.2 Å². The largest absolute Gasteiger partial charge is 0.457 e. The topological polar surface area (TPSA) is 146 Å². The van der Waals surface area contributed by atoms with E-state index >= 15 is 4.39 Å². The second kappa shape index (κ2) is 14.4. The number of allylic oxidation sites excluding steroid dienone is 4. The number of ketones is 2. The van der Waals surface area contributed by atoms with Crippen LogP contribution in [0.1, 0.15) is 85.5 Å². The predicted octanol–water partition coefficient (Wildman–Crippen LogP) is 6.31. The van der Waals surface area contributed by atoms with Gasteiger partial charge in [0.15, 0.2) is 23.7 Å². The van der Waals surface area contributed by atoms with Crippen LogP contribution >= 0.6 is 12.2 Å². The Bertz CT molecular complexity index is 1670. The highest BCUT2D eigenvalue weighted by Crippen LogP contribution is 2.71. The first-order chi connectivity index (χ1) is 23.7. The molecule has 0 amide bonds. The monoisotopic (exact) mass is 709 g/mol. The van der Waals surface area contributed by atoms with E-state index in [0.717, 1.165) is 6.42 Å². The molecule has 0 saturated heterocycles. The Morgan fingerprint density at radius 2 is 1.76 bits per heavy atom. The van der Waals surface area contributed by atoms with Crippen LogP contribution in [-0.2, 0) is 33.4 Å².